The van der Waals surface area contributed by atoms with Crippen molar-refractivity contribution in [2.45, 2.75) is 0 Å². The third-order valence-corrected chi connectivity index (χ3v) is 3.06. The smallest absolute Gasteiger partial charge is 0.417 e. The zero-order chi connectivity index (χ0) is 15.5. The van der Waals surface area contributed by atoms with Gasteiger partial charge in [-0.1, -0.05) is 6.07 Å². The second-order valence-electron chi connectivity index (χ2n) is 4.44. The van der Waals surface area contributed by atoms with E-state index in [0.717, 1.165) is 4.90 Å². The van der Waals surface area contributed by atoms with Crippen molar-refractivity contribution < 1.29 is 14.3 Å². The minimum Gasteiger partial charge on any atom is -0.464 e. The molecule has 1 amide bonds. The summed E-state index contributed by atoms with van der Waals surface area (Å²) < 4.78 is 13.0. The van der Waals surface area contributed by atoms with Gasteiger partial charge < -0.3 is 5.11 Å². The molecule has 3 rings (SSSR count). The molecular formula is C15H11FN4O2. The summed E-state index contributed by atoms with van der Waals surface area (Å²) in [4.78, 5) is 16.7. The maximum absolute atomic E-state index is 13.0. The number of nitrogens with zero attached hydrogens (tertiary/aromatic N) is 3. The first kappa shape index (κ1) is 13.7. The second-order valence-corrected chi connectivity index (χ2v) is 4.44. The highest BCUT2D eigenvalue weighted by Crippen LogP contribution is 2.32. The van der Waals surface area contributed by atoms with E-state index in [1.54, 1.807) is 30.3 Å². The van der Waals surface area contributed by atoms with Crippen LogP contribution in [0.2, 0.25) is 0 Å². The largest absolute Gasteiger partial charge is 0.464 e. The highest BCUT2D eigenvalue weighted by molar-refractivity contribution is 5.97. The molecule has 110 valence electrons. The van der Waals surface area contributed by atoms with Crippen LogP contribution in [0.5, 0.6) is 0 Å². The lowest BCUT2D eigenvalue weighted by Gasteiger charge is -2.17. The summed E-state index contributed by atoms with van der Waals surface area (Å²) in [6, 6.07) is 10.7. The van der Waals surface area contributed by atoms with Gasteiger partial charge in [-0.3, -0.25) is 5.10 Å². The molecule has 0 fully saturated rings. The molecule has 2 N–H and O–H groups in total. The molecule has 2 aromatic heterocycles. The monoisotopic (exact) mass is 298 g/mol. The van der Waals surface area contributed by atoms with Crippen LogP contribution >= 0.6 is 0 Å². The number of hydrogen-bond donors (Lipinski definition) is 2. The molecule has 0 aliphatic rings. The van der Waals surface area contributed by atoms with Crippen molar-refractivity contribution in [2.75, 3.05) is 4.90 Å². The first-order valence-corrected chi connectivity index (χ1v) is 6.40. The number of aromatic nitrogens is 3. The van der Waals surface area contributed by atoms with E-state index in [0.29, 0.717) is 16.9 Å². The molecule has 0 atom stereocenters. The van der Waals surface area contributed by atoms with Crippen LogP contribution in [0.4, 0.5) is 20.7 Å². The van der Waals surface area contributed by atoms with Gasteiger partial charge in [0, 0.05) is 11.8 Å². The number of carbonyl (C=O) groups is 1. The van der Waals surface area contributed by atoms with E-state index in [1.165, 1.54) is 24.5 Å². The lowest BCUT2D eigenvalue weighted by atomic mass is 10.1. The van der Waals surface area contributed by atoms with E-state index in [4.69, 9.17) is 0 Å². The Labute approximate surface area is 124 Å². The van der Waals surface area contributed by atoms with Crippen LogP contribution < -0.4 is 4.90 Å². The van der Waals surface area contributed by atoms with E-state index in [9.17, 15) is 14.3 Å². The van der Waals surface area contributed by atoms with Gasteiger partial charge in [0.25, 0.3) is 0 Å². The summed E-state index contributed by atoms with van der Waals surface area (Å²) >= 11 is 0. The van der Waals surface area contributed by atoms with Gasteiger partial charge in [0.2, 0.25) is 0 Å². The minimum atomic E-state index is -1.19. The van der Waals surface area contributed by atoms with E-state index < -0.39 is 6.09 Å². The molecule has 0 saturated heterocycles. The van der Waals surface area contributed by atoms with Gasteiger partial charge in [-0.2, -0.15) is 5.10 Å². The fourth-order valence-electron chi connectivity index (χ4n) is 2.09. The summed E-state index contributed by atoms with van der Waals surface area (Å²) in [6.07, 6.45) is 1.70. The third kappa shape index (κ3) is 2.51. The molecule has 0 radical (unpaired) electrons. The maximum atomic E-state index is 13.0. The van der Waals surface area contributed by atoms with Crippen molar-refractivity contribution >= 4 is 17.6 Å². The van der Waals surface area contributed by atoms with Crippen LogP contribution in [-0.4, -0.2) is 26.4 Å². The van der Waals surface area contributed by atoms with Crippen LogP contribution in [0, 0.1) is 5.82 Å². The fraction of sp³-hybridized carbons (Fsp3) is 0. The van der Waals surface area contributed by atoms with Crippen LogP contribution in [-0.2, 0) is 0 Å². The fourth-order valence-corrected chi connectivity index (χ4v) is 2.09. The Bertz CT molecular complexity index is 787. The van der Waals surface area contributed by atoms with Gasteiger partial charge >= 0.3 is 6.09 Å². The maximum Gasteiger partial charge on any atom is 0.417 e. The van der Waals surface area contributed by atoms with Crippen LogP contribution in [0.25, 0.3) is 11.3 Å². The Kier molecular flexibility index (Phi) is 3.53. The molecule has 6 nitrogen and oxygen atoms in total. The van der Waals surface area contributed by atoms with Gasteiger partial charge in [0.05, 0.1) is 17.6 Å². The van der Waals surface area contributed by atoms with Crippen molar-refractivity contribution in [2.24, 2.45) is 0 Å². The summed E-state index contributed by atoms with van der Waals surface area (Å²) in [7, 11) is 0. The molecule has 1 aromatic carbocycles. The Balaban J connectivity index is 2.09. The van der Waals surface area contributed by atoms with Gasteiger partial charge in [0.15, 0.2) is 0 Å². The van der Waals surface area contributed by atoms with Gasteiger partial charge in [-0.25, -0.2) is 19.1 Å². The average Bonchev–Trinajstić information content (AvgIpc) is 2.98. The van der Waals surface area contributed by atoms with Crippen molar-refractivity contribution in [3.63, 3.8) is 0 Å². The van der Waals surface area contributed by atoms with Crippen molar-refractivity contribution in [1.82, 2.24) is 15.2 Å². The Morgan fingerprint density at radius 3 is 2.59 bits per heavy atom. The molecule has 3 aromatic rings. The second kappa shape index (κ2) is 5.65. The van der Waals surface area contributed by atoms with E-state index in [2.05, 4.69) is 15.2 Å². The SMILES string of the molecule is O=C(O)N(c1ccccn1)c1cn[nH]c1-c1ccc(F)cc1. The topological polar surface area (TPSA) is 82.1 Å². The number of H-pyrrole nitrogens is 1. The summed E-state index contributed by atoms with van der Waals surface area (Å²) in [5.41, 5.74) is 1.40. The molecule has 0 unspecified atom stereocenters. The standard InChI is InChI=1S/C15H11FN4O2/c16-11-6-4-10(5-7-11)14-12(9-18-19-14)20(15(21)22)13-3-1-2-8-17-13/h1-9H,(H,18,19)(H,21,22). The minimum absolute atomic E-state index is 0.250. The lowest BCUT2D eigenvalue weighted by molar-refractivity contribution is 0.204. The Morgan fingerprint density at radius 2 is 1.95 bits per heavy atom. The molecular weight excluding hydrogens is 287 g/mol. The molecule has 0 spiro atoms. The molecule has 0 saturated carbocycles. The zero-order valence-electron chi connectivity index (χ0n) is 11.3. The third-order valence-electron chi connectivity index (χ3n) is 3.06. The predicted octanol–water partition coefficient (Wildman–Crippen LogP) is 3.43. The average molecular weight is 298 g/mol. The van der Waals surface area contributed by atoms with E-state index in [1.807, 2.05) is 0 Å². The lowest BCUT2D eigenvalue weighted by Crippen LogP contribution is -2.24. The Hall–Kier alpha value is -3.22. The predicted molar refractivity (Wildman–Crippen MR) is 78.4 cm³/mol. The van der Waals surface area contributed by atoms with Crippen LogP contribution in [0.15, 0.2) is 54.9 Å². The number of hydrogen-bond acceptors (Lipinski definition) is 3. The summed E-state index contributed by atoms with van der Waals surface area (Å²) in [6.45, 7) is 0. The number of anilines is 2. The van der Waals surface area contributed by atoms with E-state index >= 15 is 0 Å². The first-order chi connectivity index (χ1) is 10.7. The first-order valence-electron chi connectivity index (χ1n) is 6.40. The quantitative estimate of drug-likeness (QED) is 0.776. The molecule has 0 bridgehead atoms. The number of aromatic amines is 1. The van der Waals surface area contributed by atoms with Crippen molar-refractivity contribution in [3.05, 3.63) is 60.7 Å². The molecule has 0 aliphatic heterocycles. The molecule has 2 heterocycles. The van der Waals surface area contributed by atoms with Crippen molar-refractivity contribution in [3.8, 4) is 11.3 Å². The van der Waals surface area contributed by atoms with Gasteiger partial charge in [-0.05, 0) is 36.4 Å². The number of benzene rings is 1. The van der Waals surface area contributed by atoms with Crippen molar-refractivity contribution in [1.29, 1.82) is 0 Å². The number of halogens is 1. The van der Waals surface area contributed by atoms with Gasteiger partial charge in [-0.15, -0.1) is 0 Å². The van der Waals surface area contributed by atoms with Crippen LogP contribution in [0.1, 0.15) is 0 Å². The molecule has 0 aliphatic carbocycles. The number of pyridine rings is 1. The molecule has 7 heteroatoms. The summed E-state index contributed by atoms with van der Waals surface area (Å²) in [5, 5.41) is 16.1. The van der Waals surface area contributed by atoms with E-state index in [-0.39, 0.29) is 11.6 Å². The highest BCUT2D eigenvalue weighted by atomic mass is 19.1. The number of rotatable bonds is 3. The highest BCUT2D eigenvalue weighted by Gasteiger charge is 2.23. The molecule has 22 heavy (non-hydrogen) atoms. The Morgan fingerprint density at radius 1 is 1.18 bits per heavy atom. The number of carboxylic acid groups (broad SMARTS) is 1. The number of amides is 1. The number of nitrogens with one attached hydrogen (secondary N) is 1. The normalized spacial score (nSPS) is 10.4. The van der Waals surface area contributed by atoms with Gasteiger partial charge in [0.1, 0.15) is 11.6 Å². The summed E-state index contributed by atoms with van der Waals surface area (Å²) in [5.74, 6) is -0.121. The zero-order valence-corrected chi connectivity index (χ0v) is 11.3. The van der Waals surface area contributed by atoms with Crippen LogP contribution in [0.3, 0.4) is 0 Å².